The van der Waals surface area contributed by atoms with Crippen LogP contribution in [-0.2, 0) is 29.7 Å². The zero-order chi connectivity index (χ0) is 16.0. The summed E-state index contributed by atoms with van der Waals surface area (Å²) in [6.07, 6.45) is 3.55. The van der Waals surface area contributed by atoms with Crippen LogP contribution in [0.1, 0.15) is 47.4 Å². The summed E-state index contributed by atoms with van der Waals surface area (Å²) in [5.74, 6) is 0.0454. The molecule has 2 amide bonds. The van der Waals surface area contributed by atoms with E-state index in [1.54, 1.807) is 9.58 Å². The Hall–Kier alpha value is -1.89. The van der Waals surface area contributed by atoms with Gasteiger partial charge in [-0.3, -0.25) is 14.3 Å². The van der Waals surface area contributed by atoms with E-state index in [4.69, 9.17) is 4.74 Å². The Morgan fingerprint density at radius 3 is 2.61 bits per heavy atom. The number of amides is 2. The van der Waals surface area contributed by atoms with E-state index in [0.29, 0.717) is 25.4 Å². The van der Waals surface area contributed by atoms with Crippen molar-refractivity contribution in [2.45, 2.75) is 44.9 Å². The van der Waals surface area contributed by atoms with Crippen molar-refractivity contribution in [3.8, 4) is 0 Å². The number of rotatable bonds is 2. The number of ether oxygens (including phenoxy) is 1. The molecule has 0 radical (unpaired) electrons. The highest BCUT2D eigenvalue weighted by molar-refractivity contribution is 5.94. The third kappa shape index (κ3) is 2.43. The molecular formula is C16H22N4O3. The van der Waals surface area contributed by atoms with Crippen molar-refractivity contribution in [1.82, 2.24) is 19.6 Å². The molecule has 1 aromatic rings. The van der Waals surface area contributed by atoms with Crippen LogP contribution in [0.25, 0.3) is 0 Å². The highest BCUT2D eigenvalue weighted by Crippen LogP contribution is 2.29. The van der Waals surface area contributed by atoms with Crippen LogP contribution < -0.4 is 0 Å². The second kappa shape index (κ2) is 5.63. The maximum absolute atomic E-state index is 12.7. The van der Waals surface area contributed by atoms with Gasteiger partial charge in [0.05, 0.1) is 18.8 Å². The molecule has 4 rings (SSSR count). The Morgan fingerprint density at radius 2 is 1.91 bits per heavy atom. The van der Waals surface area contributed by atoms with Crippen molar-refractivity contribution in [2.24, 2.45) is 7.05 Å². The van der Waals surface area contributed by atoms with E-state index >= 15 is 0 Å². The Morgan fingerprint density at radius 1 is 1.13 bits per heavy atom. The van der Waals surface area contributed by atoms with Gasteiger partial charge in [0.15, 0.2) is 5.69 Å². The minimum absolute atomic E-state index is 0.00534. The van der Waals surface area contributed by atoms with E-state index in [0.717, 1.165) is 50.0 Å². The van der Waals surface area contributed by atoms with E-state index in [2.05, 4.69) is 5.10 Å². The standard InChI is InChI=1S/C16H22N4O3/c1-18-12-10-20(15(21)13-5-4-8-23-13)9-11(12)14(17-18)16(22)19-6-2-3-7-19/h13H,2-10H2,1H3. The molecule has 1 aromatic heterocycles. The lowest BCUT2D eigenvalue weighted by Crippen LogP contribution is -2.36. The van der Waals surface area contributed by atoms with E-state index in [-0.39, 0.29) is 17.9 Å². The van der Waals surface area contributed by atoms with Gasteiger partial charge in [-0.25, -0.2) is 0 Å². The molecule has 0 aromatic carbocycles. The molecule has 0 N–H and O–H groups in total. The van der Waals surface area contributed by atoms with E-state index < -0.39 is 0 Å². The molecule has 0 aliphatic carbocycles. The van der Waals surface area contributed by atoms with E-state index in [1.807, 2.05) is 11.9 Å². The van der Waals surface area contributed by atoms with Gasteiger partial charge < -0.3 is 14.5 Å². The van der Waals surface area contributed by atoms with Crippen LogP contribution >= 0.6 is 0 Å². The molecule has 3 aliphatic rings. The second-order valence-electron chi connectivity index (χ2n) is 6.59. The number of hydrogen-bond donors (Lipinski definition) is 0. The highest BCUT2D eigenvalue weighted by atomic mass is 16.5. The fourth-order valence-corrected chi connectivity index (χ4v) is 3.77. The van der Waals surface area contributed by atoms with Gasteiger partial charge in [0, 0.05) is 32.3 Å². The van der Waals surface area contributed by atoms with Crippen molar-refractivity contribution in [1.29, 1.82) is 0 Å². The Bertz CT molecular complexity index is 642. The van der Waals surface area contributed by atoms with Crippen molar-refractivity contribution in [2.75, 3.05) is 19.7 Å². The third-order valence-electron chi connectivity index (χ3n) is 5.08. The fourth-order valence-electron chi connectivity index (χ4n) is 3.77. The Labute approximate surface area is 135 Å². The smallest absolute Gasteiger partial charge is 0.274 e. The quantitative estimate of drug-likeness (QED) is 0.804. The van der Waals surface area contributed by atoms with Gasteiger partial charge in [-0.15, -0.1) is 0 Å². The molecule has 1 unspecified atom stereocenters. The lowest BCUT2D eigenvalue weighted by atomic mass is 10.2. The molecule has 2 saturated heterocycles. The molecule has 0 bridgehead atoms. The maximum Gasteiger partial charge on any atom is 0.274 e. The summed E-state index contributed by atoms with van der Waals surface area (Å²) in [5, 5.41) is 4.42. The highest BCUT2D eigenvalue weighted by Gasteiger charge is 2.37. The van der Waals surface area contributed by atoms with Crippen molar-refractivity contribution in [3.63, 3.8) is 0 Å². The van der Waals surface area contributed by atoms with Gasteiger partial charge in [0.25, 0.3) is 11.8 Å². The number of aromatic nitrogens is 2. The average molecular weight is 318 g/mol. The lowest BCUT2D eigenvalue weighted by molar-refractivity contribution is -0.141. The van der Waals surface area contributed by atoms with Crippen LogP contribution in [-0.4, -0.2) is 57.2 Å². The van der Waals surface area contributed by atoms with Gasteiger partial charge in [-0.2, -0.15) is 5.10 Å². The summed E-state index contributed by atoms with van der Waals surface area (Å²) in [6, 6.07) is 0. The predicted molar refractivity (Wildman–Crippen MR) is 81.6 cm³/mol. The minimum atomic E-state index is -0.310. The van der Waals surface area contributed by atoms with Crippen LogP contribution in [0.5, 0.6) is 0 Å². The van der Waals surface area contributed by atoms with Crippen LogP contribution in [0, 0.1) is 0 Å². The summed E-state index contributed by atoms with van der Waals surface area (Å²) < 4.78 is 7.25. The van der Waals surface area contributed by atoms with Crippen molar-refractivity contribution in [3.05, 3.63) is 17.0 Å². The van der Waals surface area contributed by atoms with Crippen molar-refractivity contribution < 1.29 is 14.3 Å². The number of fused-ring (bicyclic) bond motifs is 1. The maximum atomic E-state index is 12.7. The zero-order valence-corrected chi connectivity index (χ0v) is 13.5. The second-order valence-corrected chi connectivity index (χ2v) is 6.59. The third-order valence-corrected chi connectivity index (χ3v) is 5.08. The summed E-state index contributed by atoms with van der Waals surface area (Å²) in [7, 11) is 1.85. The molecule has 2 fully saturated rings. The van der Waals surface area contributed by atoms with Gasteiger partial charge in [-0.1, -0.05) is 0 Å². The molecule has 4 heterocycles. The number of carbonyl (C=O) groups is 2. The number of nitrogens with zero attached hydrogens (tertiary/aromatic N) is 4. The zero-order valence-electron chi connectivity index (χ0n) is 13.5. The normalized spacial score (nSPS) is 23.6. The Balaban J connectivity index is 1.55. The number of aryl methyl sites for hydroxylation is 1. The molecule has 3 aliphatic heterocycles. The summed E-state index contributed by atoms with van der Waals surface area (Å²) >= 11 is 0. The summed E-state index contributed by atoms with van der Waals surface area (Å²) in [5.41, 5.74) is 2.40. The minimum Gasteiger partial charge on any atom is -0.368 e. The first-order valence-corrected chi connectivity index (χ1v) is 8.39. The number of hydrogen-bond acceptors (Lipinski definition) is 4. The molecule has 0 spiro atoms. The first-order chi connectivity index (χ1) is 11.1. The van der Waals surface area contributed by atoms with Crippen LogP contribution in [0.3, 0.4) is 0 Å². The molecule has 23 heavy (non-hydrogen) atoms. The van der Waals surface area contributed by atoms with Gasteiger partial charge in [0.2, 0.25) is 0 Å². The summed E-state index contributed by atoms with van der Waals surface area (Å²) in [6.45, 7) is 3.27. The SMILES string of the molecule is Cn1nc(C(=O)N2CCCC2)c2c1CN(C(=O)C1CCCO1)C2. The number of likely N-dealkylation sites (tertiary alicyclic amines) is 1. The van der Waals surface area contributed by atoms with E-state index in [9.17, 15) is 9.59 Å². The largest absolute Gasteiger partial charge is 0.368 e. The first-order valence-electron chi connectivity index (χ1n) is 8.39. The topological polar surface area (TPSA) is 67.7 Å². The summed E-state index contributed by atoms with van der Waals surface area (Å²) in [4.78, 5) is 28.9. The molecular weight excluding hydrogens is 296 g/mol. The Kier molecular flexibility index (Phi) is 3.60. The van der Waals surface area contributed by atoms with E-state index in [1.165, 1.54) is 0 Å². The molecule has 0 saturated carbocycles. The fraction of sp³-hybridized carbons (Fsp3) is 0.688. The van der Waals surface area contributed by atoms with Crippen molar-refractivity contribution >= 4 is 11.8 Å². The van der Waals surface area contributed by atoms with Gasteiger partial charge in [0.1, 0.15) is 6.10 Å². The molecule has 124 valence electrons. The first kappa shape index (κ1) is 14.7. The molecule has 7 nitrogen and oxygen atoms in total. The van der Waals surface area contributed by atoms with Crippen LogP contribution in [0.4, 0.5) is 0 Å². The average Bonchev–Trinajstić information content (AvgIpc) is 3.32. The molecule has 7 heteroatoms. The van der Waals surface area contributed by atoms with Gasteiger partial charge in [-0.05, 0) is 25.7 Å². The lowest BCUT2D eigenvalue weighted by Gasteiger charge is -2.20. The monoisotopic (exact) mass is 318 g/mol. The van der Waals surface area contributed by atoms with Crippen LogP contribution in [0.2, 0.25) is 0 Å². The predicted octanol–water partition coefficient (Wildman–Crippen LogP) is 0.677. The van der Waals surface area contributed by atoms with Crippen LogP contribution in [0.15, 0.2) is 0 Å². The van der Waals surface area contributed by atoms with Gasteiger partial charge >= 0.3 is 0 Å². The number of carbonyl (C=O) groups excluding carboxylic acids is 2. The molecule has 1 atom stereocenters.